The molecule has 0 unspecified atom stereocenters. The molecular weight excluding hydrogens is 248 g/mol. The van der Waals surface area contributed by atoms with Crippen molar-refractivity contribution in [3.8, 4) is 0 Å². The van der Waals surface area contributed by atoms with Crippen LogP contribution < -0.4 is 0 Å². The molecule has 1 rings (SSSR count). The van der Waals surface area contributed by atoms with E-state index in [2.05, 4.69) is 5.10 Å². The van der Waals surface area contributed by atoms with E-state index in [9.17, 15) is 8.78 Å². The number of rotatable bonds is 7. The predicted molar refractivity (Wildman–Crippen MR) is 64.6 cm³/mol. The minimum absolute atomic E-state index is 0.263. The van der Waals surface area contributed by atoms with E-state index < -0.39 is 6.43 Å². The number of hydrogen-bond donors (Lipinski definition) is 0. The van der Waals surface area contributed by atoms with Gasteiger partial charge in [-0.25, -0.2) is 8.78 Å². The van der Waals surface area contributed by atoms with Gasteiger partial charge in [-0.2, -0.15) is 5.10 Å². The van der Waals surface area contributed by atoms with Gasteiger partial charge in [0.15, 0.2) is 0 Å². The summed E-state index contributed by atoms with van der Waals surface area (Å²) in [7, 11) is 0. The molecule has 0 aliphatic heterocycles. The Balaban J connectivity index is 2.58. The maximum atomic E-state index is 12.3. The molecule has 0 saturated carbocycles. The van der Waals surface area contributed by atoms with Crippen molar-refractivity contribution < 1.29 is 8.78 Å². The summed E-state index contributed by atoms with van der Waals surface area (Å²) in [5.41, 5.74) is 0.796. The number of aromatic nitrogens is 2. The average molecular weight is 266 g/mol. The van der Waals surface area contributed by atoms with E-state index in [1.165, 1.54) is 0 Å². The van der Waals surface area contributed by atoms with Crippen molar-refractivity contribution in [1.82, 2.24) is 14.7 Å². The third kappa shape index (κ3) is 5.00. The van der Waals surface area contributed by atoms with Crippen LogP contribution in [0.15, 0.2) is 12.3 Å². The molecule has 17 heavy (non-hydrogen) atoms. The molecular formula is C11H18ClF2N3. The van der Waals surface area contributed by atoms with Gasteiger partial charge < -0.3 is 0 Å². The fourth-order valence-electron chi connectivity index (χ4n) is 1.53. The van der Waals surface area contributed by atoms with E-state index in [0.717, 1.165) is 5.69 Å². The maximum Gasteiger partial charge on any atom is 0.251 e. The Morgan fingerprint density at radius 2 is 2.18 bits per heavy atom. The van der Waals surface area contributed by atoms with Crippen LogP contribution in [0.2, 0.25) is 0 Å². The third-order valence-corrected chi connectivity index (χ3v) is 2.54. The zero-order chi connectivity index (χ0) is 12.8. The summed E-state index contributed by atoms with van der Waals surface area (Å²) in [5.74, 6) is 0.345. The van der Waals surface area contributed by atoms with Crippen molar-refractivity contribution in [1.29, 1.82) is 0 Å². The van der Waals surface area contributed by atoms with Crippen molar-refractivity contribution in [2.75, 3.05) is 19.0 Å². The van der Waals surface area contributed by atoms with E-state index >= 15 is 0 Å². The van der Waals surface area contributed by atoms with Crippen molar-refractivity contribution in [3.05, 3.63) is 18.0 Å². The van der Waals surface area contributed by atoms with Crippen LogP contribution >= 0.6 is 11.6 Å². The van der Waals surface area contributed by atoms with Crippen LogP contribution in [0.4, 0.5) is 8.78 Å². The van der Waals surface area contributed by atoms with Crippen LogP contribution in [-0.2, 0) is 6.54 Å². The molecule has 0 bridgehead atoms. The molecule has 0 radical (unpaired) electrons. The molecule has 0 aromatic carbocycles. The smallest absolute Gasteiger partial charge is 0.251 e. The molecule has 0 fully saturated rings. The summed E-state index contributed by atoms with van der Waals surface area (Å²) in [5, 5.41) is 4.33. The number of hydrogen-bond acceptors (Lipinski definition) is 2. The number of halogens is 3. The van der Waals surface area contributed by atoms with Crippen molar-refractivity contribution in [2.45, 2.75) is 32.9 Å². The van der Waals surface area contributed by atoms with Gasteiger partial charge >= 0.3 is 0 Å². The summed E-state index contributed by atoms with van der Waals surface area (Å²) < 4.78 is 26.5. The SMILES string of the molecule is CC(C)n1ccc(CN(CCCl)CC(F)F)n1. The first kappa shape index (κ1) is 14.4. The van der Waals surface area contributed by atoms with Crippen LogP contribution in [-0.4, -0.2) is 40.1 Å². The molecule has 1 aromatic heterocycles. The van der Waals surface area contributed by atoms with Crippen LogP contribution in [0.3, 0.4) is 0 Å². The molecule has 98 valence electrons. The minimum atomic E-state index is -2.34. The van der Waals surface area contributed by atoms with E-state index in [4.69, 9.17) is 11.6 Å². The monoisotopic (exact) mass is 265 g/mol. The Bertz CT molecular complexity index is 328. The highest BCUT2D eigenvalue weighted by Gasteiger charge is 2.13. The quantitative estimate of drug-likeness (QED) is 0.707. The summed E-state index contributed by atoms with van der Waals surface area (Å²) in [4.78, 5) is 1.62. The van der Waals surface area contributed by atoms with Gasteiger partial charge in [0.1, 0.15) is 0 Å². The maximum absolute atomic E-state index is 12.3. The molecule has 3 nitrogen and oxygen atoms in total. The topological polar surface area (TPSA) is 21.1 Å². The lowest BCUT2D eigenvalue weighted by Crippen LogP contribution is -2.30. The minimum Gasteiger partial charge on any atom is -0.291 e. The molecule has 0 aliphatic carbocycles. The Morgan fingerprint density at radius 3 is 2.65 bits per heavy atom. The van der Waals surface area contributed by atoms with Crippen LogP contribution in [0, 0.1) is 0 Å². The predicted octanol–water partition coefficient (Wildman–Crippen LogP) is 2.77. The highest BCUT2D eigenvalue weighted by Crippen LogP contribution is 2.08. The molecule has 1 heterocycles. The second-order valence-corrected chi connectivity index (χ2v) is 4.57. The fourth-order valence-corrected chi connectivity index (χ4v) is 1.77. The van der Waals surface area contributed by atoms with Gasteiger partial charge in [0.05, 0.1) is 12.2 Å². The van der Waals surface area contributed by atoms with Gasteiger partial charge in [0.25, 0.3) is 6.43 Å². The first-order valence-corrected chi connectivity index (χ1v) is 6.17. The molecule has 0 aliphatic rings. The lowest BCUT2D eigenvalue weighted by atomic mass is 10.4. The van der Waals surface area contributed by atoms with E-state index in [-0.39, 0.29) is 12.6 Å². The molecule has 0 saturated heterocycles. The standard InChI is InChI=1S/C11H18ClF2N3/c1-9(2)17-5-3-10(15-17)7-16(6-4-12)8-11(13)14/h3,5,9,11H,4,6-8H2,1-2H3. The van der Waals surface area contributed by atoms with Gasteiger partial charge in [-0.05, 0) is 19.9 Å². The van der Waals surface area contributed by atoms with Crippen molar-refractivity contribution >= 4 is 11.6 Å². The highest BCUT2D eigenvalue weighted by atomic mass is 35.5. The Kier molecular flexibility index (Phi) is 5.85. The molecule has 0 spiro atoms. The Labute approximate surface area is 105 Å². The van der Waals surface area contributed by atoms with E-state index in [1.807, 2.05) is 30.8 Å². The highest BCUT2D eigenvalue weighted by molar-refractivity contribution is 6.18. The van der Waals surface area contributed by atoms with Crippen molar-refractivity contribution in [3.63, 3.8) is 0 Å². The summed E-state index contributed by atoms with van der Waals surface area (Å²) in [6.45, 7) is 4.64. The van der Waals surface area contributed by atoms with Crippen LogP contribution in [0.1, 0.15) is 25.6 Å². The van der Waals surface area contributed by atoms with Crippen LogP contribution in [0.25, 0.3) is 0 Å². The largest absolute Gasteiger partial charge is 0.291 e. The normalized spacial score (nSPS) is 12.0. The second kappa shape index (κ2) is 6.91. The Morgan fingerprint density at radius 1 is 1.47 bits per heavy atom. The summed E-state index contributed by atoms with van der Waals surface area (Å²) in [6.07, 6.45) is -0.480. The summed E-state index contributed by atoms with van der Waals surface area (Å²) in [6, 6.07) is 2.13. The molecule has 6 heteroatoms. The zero-order valence-corrected chi connectivity index (χ0v) is 10.9. The first-order valence-electron chi connectivity index (χ1n) is 5.63. The molecule has 0 N–H and O–H groups in total. The number of alkyl halides is 3. The lowest BCUT2D eigenvalue weighted by Gasteiger charge is -2.19. The Hall–Kier alpha value is -0.680. The molecule has 0 amide bonds. The van der Waals surface area contributed by atoms with E-state index in [0.29, 0.717) is 19.0 Å². The second-order valence-electron chi connectivity index (χ2n) is 4.20. The molecule has 0 atom stereocenters. The third-order valence-electron chi connectivity index (χ3n) is 2.38. The molecule has 1 aromatic rings. The van der Waals surface area contributed by atoms with Gasteiger partial charge in [-0.15, -0.1) is 11.6 Å². The van der Waals surface area contributed by atoms with Gasteiger partial charge in [-0.1, -0.05) is 0 Å². The average Bonchev–Trinajstić information content (AvgIpc) is 2.65. The van der Waals surface area contributed by atoms with Gasteiger partial charge in [-0.3, -0.25) is 9.58 Å². The van der Waals surface area contributed by atoms with Gasteiger partial charge in [0.2, 0.25) is 0 Å². The summed E-state index contributed by atoms with van der Waals surface area (Å²) >= 11 is 5.59. The van der Waals surface area contributed by atoms with E-state index in [1.54, 1.807) is 4.90 Å². The zero-order valence-electron chi connectivity index (χ0n) is 10.1. The lowest BCUT2D eigenvalue weighted by molar-refractivity contribution is 0.0871. The fraction of sp³-hybridized carbons (Fsp3) is 0.727. The van der Waals surface area contributed by atoms with Gasteiger partial charge in [0, 0.05) is 31.2 Å². The van der Waals surface area contributed by atoms with Crippen LogP contribution in [0.5, 0.6) is 0 Å². The number of nitrogens with zero attached hydrogens (tertiary/aromatic N) is 3. The first-order chi connectivity index (χ1) is 8.02. The van der Waals surface area contributed by atoms with Crippen molar-refractivity contribution in [2.24, 2.45) is 0 Å².